The fraction of sp³-hybridized carbons (Fsp3) is 0.438. The van der Waals surface area contributed by atoms with E-state index < -0.39 is 16.6 Å². The van der Waals surface area contributed by atoms with E-state index in [2.05, 4.69) is 35.4 Å². The fourth-order valence-electron chi connectivity index (χ4n) is 6.90. The van der Waals surface area contributed by atoms with Crippen molar-refractivity contribution in [2.24, 2.45) is 0 Å². The summed E-state index contributed by atoms with van der Waals surface area (Å²) in [7, 11) is 0. The van der Waals surface area contributed by atoms with Gasteiger partial charge in [0.05, 0.1) is 11.2 Å². The average Bonchev–Trinajstić information content (AvgIpc) is 2.89. The Kier molecular flexibility index (Phi) is 6.95. The first-order valence-corrected chi connectivity index (χ1v) is 13.6. The highest BCUT2D eigenvalue weighted by Crippen LogP contribution is 2.57. The maximum atomic E-state index is 13.1. The number of aromatic nitrogens is 1. The van der Waals surface area contributed by atoms with E-state index in [0.717, 1.165) is 28.8 Å². The SMILES string of the molecule is CCC[C@@]1(O)CC[C@@]2(Cc3ccccc3)c3ccc(C(=O)NCc4cccnc4C)cc3CC[C@]2(O)C1. The normalized spacial score (nSPS) is 26.7. The monoisotopic (exact) mass is 498 g/mol. The number of aryl methyl sites for hydroxylation is 2. The van der Waals surface area contributed by atoms with E-state index in [4.69, 9.17) is 0 Å². The molecule has 3 atom stereocenters. The molecule has 0 bridgehead atoms. The summed E-state index contributed by atoms with van der Waals surface area (Å²) in [4.78, 5) is 17.4. The average molecular weight is 499 g/mol. The zero-order chi connectivity index (χ0) is 26.1. The van der Waals surface area contributed by atoms with Gasteiger partial charge >= 0.3 is 0 Å². The van der Waals surface area contributed by atoms with Gasteiger partial charge in [0.15, 0.2) is 0 Å². The second-order valence-corrected chi connectivity index (χ2v) is 11.2. The second kappa shape index (κ2) is 10.0. The number of amides is 1. The van der Waals surface area contributed by atoms with Gasteiger partial charge in [-0.15, -0.1) is 0 Å². The van der Waals surface area contributed by atoms with Crippen molar-refractivity contribution in [1.29, 1.82) is 0 Å². The molecular formula is C32H38N2O3. The molecule has 1 aromatic heterocycles. The third-order valence-electron chi connectivity index (χ3n) is 8.84. The molecule has 2 aromatic carbocycles. The Bertz CT molecular complexity index is 1280. The van der Waals surface area contributed by atoms with Crippen LogP contribution < -0.4 is 5.32 Å². The quantitative estimate of drug-likeness (QED) is 0.419. The standard InChI is InChI=1S/C32H38N2O3/c1-3-14-30(36)16-17-31(20-24-8-5-4-6-9-24)28-12-11-26(19-25(28)13-15-32(31,37)22-30)29(35)34-21-27-10-7-18-33-23(27)2/h4-12,18-19,36-37H,3,13-17,20-22H2,1-2H3,(H,34,35)/t30-,31-,32+/m1/s1. The number of hydrogen-bond donors (Lipinski definition) is 3. The summed E-state index contributed by atoms with van der Waals surface area (Å²) in [5, 5.41) is 26.7. The minimum atomic E-state index is -1.00. The van der Waals surface area contributed by atoms with Crippen molar-refractivity contribution in [3.8, 4) is 0 Å². The molecule has 0 radical (unpaired) electrons. The number of aliphatic hydroxyl groups is 2. The number of hydrogen-bond acceptors (Lipinski definition) is 4. The molecule has 0 spiro atoms. The van der Waals surface area contributed by atoms with Gasteiger partial charge in [-0.1, -0.05) is 55.8 Å². The number of carbonyl (C=O) groups is 1. The predicted molar refractivity (Wildman–Crippen MR) is 145 cm³/mol. The van der Waals surface area contributed by atoms with Gasteiger partial charge in [0.25, 0.3) is 5.91 Å². The lowest BCUT2D eigenvalue weighted by atomic mass is 9.49. The molecule has 0 unspecified atom stereocenters. The van der Waals surface area contributed by atoms with Crippen LogP contribution in [0.15, 0.2) is 66.9 Å². The van der Waals surface area contributed by atoms with E-state index in [0.29, 0.717) is 57.1 Å². The molecule has 1 saturated carbocycles. The predicted octanol–water partition coefficient (Wildman–Crippen LogP) is 5.19. The topological polar surface area (TPSA) is 82.5 Å². The zero-order valence-corrected chi connectivity index (χ0v) is 22.0. The number of carbonyl (C=O) groups excluding carboxylic acids is 1. The Morgan fingerprint density at radius 3 is 2.59 bits per heavy atom. The molecule has 2 aliphatic carbocycles. The molecule has 5 heteroatoms. The minimum Gasteiger partial charge on any atom is -0.390 e. The molecule has 5 nitrogen and oxygen atoms in total. The van der Waals surface area contributed by atoms with Crippen LogP contribution in [0.5, 0.6) is 0 Å². The molecule has 3 aromatic rings. The van der Waals surface area contributed by atoms with Crippen LogP contribution in [0.4, 0.5) is 0 Å². The van der Waals surface area contributed by atoms with Crippen LogP contribution in [0.3, 0.4) is 0 Å². The van der Waals surface area contributed by atoms with Crippen LogP contribution >= 0.6 is 0 Å². The molecule has 37 heavy (non-hydrogen) atoms. The second-order valence-electron chi connectivity index (χ2n) is 11.2. The number of nitrogens with one attached hydrogen (secondary N) is 1. The van der Waals surface area contributed by atoms with E-state index in [1.165, 1.54) is 5.56 Å². The molecule has 1 amide bonds. The highest BCUT2D eigenvalue weighted by Gasteiger charge is 2.60. The maximum absolute atomic E-state index is 13.1. The third kappa shape index (κ3) is 4.83. The lowest BCUT2D eigenvalue weighted by Crippen LogP contribution is -2.63. The summed E-state index contributed by atoms with van der Waals surface area (Å²) in [5.74, 6) is -0.107. The lowest BCUT2D eigenvalue weighted by Gasteiger charge is -2.58. The Balaban J connectivity index is 1.47. The van der Waals surface area contributed by atoms with Gasteiger partial charge in [0.2, 0.25) is 0 Å². The van der Waals surface area contributed by atoms with E-state index in [1.54, 1.807) is 6.20 Å². The highest BCUT2D eigenvalue weighted by molar-refractivity contribution is 5.94. The summed E-state index contributed by atoms with van der Waals surface area (Å²) in [5.41, 5.74) is 3.67. The van der Waals surface area contributed by atoms with Crippen molar-refractivity contribution < 1.29 is 15.0 Å². The van der Waals surface area contributed by atoms with Gasteiger partial charge in [-0.05, 0) is 85.9 Å². The van der Waals surface area contributed by atoms with Crippen LogP contribution in [0, 0.1) is 6.92 Å². The largest absolute Gasteiger partial charge is 0.390 e. The molecular weight excluding hydrogens is 460 g/mol. The van der Waals surface area contributed by atoms with Gasteiger partial charge in [0.1, 0.15) is 0 Å². The summed E-state index contributed by atoms with van der Waals surface area (Å²) in [6.45, 7) is 4.47. The van der Waals surface area contributed by atoms with E-state index >= 15 is 0 Å². The van der Waals surface area contributed by atoms with Gasteiger partial charge in [-0.2, -0.15) is 0 Å². The first kappa shape index (κ1) is 25.6. The number of rotatable bonds is 7. The number of pyridine rings is 1. The third-order valence-corrected chi connectivity index (χ3v) is 8.84. The molecule has 2 aliphatic rings. The van der Waals surface area contributed by atoms with Crippen molar-refractivity contribution in [3.05, 3.63) is 100 Å². The van der Waals surface area contributed by atoms with Crippen LogP contribution in [0.25, 0.3) is 0 Å². The fourth-order valence-corrected chi connectivity index (χ4v) is 6.90. The van der Waals surface area contributed by atoms with Crippen molar-refractivity contribution in [2.75, 3.05) is 0 Å². The molecule has 3 N–H and O–H groups in total. The first-order chi connectivity index (χ1) is 17.8. The summed E-state index contributed by atoms with van der Waals surface area (Å²) in [6, 6.07) is 20.2. The van der Waals surface area contributed by atoms with Crippen LogP contribution in [-0.4, -0.2) is 32.3 Å². The smallest absolute Gasteiger partial charge is 0.251 e. The van der Waals surface area contributed by atoms with Crippen LogP contribution in [0.1, 0.15) is 83.8 Å². The van der Waals surface area contributed by atoms with E-state index in [9.17, 15) is 15.0 Å². The molecule has 5 rings (SSSR count). The Morgan fingerprint density at radius 1 is 1.03 bits per heavy atom. The Morgan fingerprint density at radius 2 is 1.84 bits per heavy atom. The molecule has 194 valence electrons. The summed E-state index contributed by atoms with van der Waals surface area (Å²) in [6.07, 6.45) is 7.12. The number of nitrogens with zero attached hydrogens (tertiary/aromatic N) is 1. The summed E-state index contributed by atoms with van der Waals surface area (Å²) < 4.78 is 0. The van der Waals surface area contributed by atoms with Crippen molar-refractivity contribution in [1.82, 2.24) is 10.3 Å². The zero-order valence-electron chi connectivity index (χ0n) is 22.0. The Labute approximate surface area is 220 Å². The van der Waals surface area contributed by atoms with E-state index in [1.807, 2.05) is 49.4 Å². The van der Waals surface area contributed by atoms with Crippen LogP contribution in [-0.2, 0) is 24.8 Å². The molecule has 0 aliphatic heterocycles. The minimum absolute atomic E-state index is 0.107. The molecule has 0 saturated heterocycles. The highest BCUT2D eigenvalue weighted by atomic mass is 16.3. The van der Waals surface area contributed by atoms with Gasteiger partial charge in [0, 0.05) is 35.8 Å². The Hall–Kier alpha value is -3.02. The van der Waals surface area contributed by atoms with Crippen molar-refractivity contribution >= 4 is 5.91 Å². The van der Waals surface area contributed by atoms with Gasteiger partial charge in [-0.3, -0.25) is 9.78 Å². The van der Waals surface area contributed by atoms with E-state index in [-0.39, 0.29) is 5.91 Å². The molecule has 1 heterocycles. The first-order valence-electron chi connectivity index (χ1n) is 13.6. The van der Waals surface area contributed by atoms with Crippen molar-refractivity contribution in [3.63, 3.8) is 0 Å². The summed E-state index contributed by atoms with van der Waals surface area (Å²) >= 11 is 0. The van der Waals surface area contributed by atoms with Crippen LogP contribution in [0.2, 0.25) is 0 Å². The van der Waals surface area contributed by atoms with Crippen molar-refractivity contribution in [2.45, 2.75) is 88.4 Å². The number of benzene rings is 2. The van der Waals surface area contributed by atoms with Gasteiger partial charge in [-0.25, -0.2) is 0 Å². The maximum Gasteiger partial charge on any atom is 0.251 e. The molecule has 1 fully saturated rings. The van der Waals surface area contributed by atoms with Gasteiger partial charge < -0.3 is 15.5 Å². The number of fused-ring (bicyclic) bond motifs is 3. The lowest BCUT2D eigenvalue weighted by molar-refractivity contribution is -0.157.